The molecule has 0 aliphatic carbocycles. The number of ether oxygens (including phenoxy) is 1. The Morgan fingerprint density at radius 3 is 2.25 bits per heavy atom. The van der Waals surface area contributed by atoms with E-state index in [4.69, 9.17) is 4.74 Å². The summed E-state index contributed by atoms with van der Waals surface area (Å²) in [5.41, 5.74) is 0. The number of rotatable bonds is 5. The van der Waals surface area contributed by atoms with Crippen LogP contribution in [0.2, 0.25) is 0 Å². The molecule has 16 heavy (non-hydrogen) atoms. The lowest BCUT2D eigenvalue weighted by Crippen LogP contribution is -2.20. The van der Waals surface area contributed by atoms with Crippen molar-refractivity contribution in [2.75, 3.05) is 33.8 Å². The van der Waals surface area contributed by atoms with Crippen molar-refractivity contribution in [3.05, 3.63) is 30.1 Å². The predicted molar refractivity (Wildman–Crippen MR) is 65.4 cm³/mol. The molecule has 0 bridgehead atoms. The first-order valence-electron chi connectivity index (χ1n) is 5.42. The third kappa shape index (κ3) is 8.20. The van der Waals surface area contributed by atoms with E-state index >= 15 is 0 Å². The third-order valence-corrected chi connectivity index (χ3v) is 1.61. The van der Waals surface area contributed by atoms with Gasteiger partial charge in [0.05, 0.1) is 0 Å². The Bertz CT molecular complexity index is 252. The van der Waals surface area contributed by atoms with Gasteiger partial charge in [-0.2, -0.15) is 0 Å². The molecule has 1 rings (SSSR count). The van der Waals surface area contributed by atoms with Crippen LogP contribution in [0.1, 0.15) is 6.92 Å². The van der Waals surface area contributed by atoms with Crippen molar-refractivity contribution in [2.45, 2.75) is 6.92 Å². The highest BCUT2D eigenvalue weighted by Crippen LogP contribution is 2.10. The zero-order valence-corrected chi connectivity index (χ0v) is 10.2. The van der Waals surface area contributed by atoms with E-state index in [1.165, 1.54) is 12.1 Å². The molecule has 1 aromatic carbocycles. The van der Waals surface area contributed by atoms with Crippen LogP contribution >= 0.6 is 0 Å². The molecule has 0 atom stereocenters. The Balaban J connectivity index is 0.000000673. The average Bonchev–Trinajstić information content (AvgIpc) is 2.28. The van der Waals surface area contributed by atoms with Crippen LogP contribution in [0.15, 0.2) is 24.3 Å². The van der Waals surface area contributed by atoms with Gasteiger partial charge < -0.3 is 15.4 Å². The van der Waals surface area contributed by atoms with E-state index < -0.39 is 0 Å². The summed E-state index contributed by atoms with van der Waals surface area (Å²) in [5, 5.41) is 5.88. The standard InChI is InChI=1S/C10H14FNO.C2H7N/c1-2-12-7-8-13-10-5-3-9(11)4-6-10;1-3-2/h3-6,12H,2,7-8H2,1H3;3H,1-2H3. The van der Waals surface area contributed by atoms with Crippen LogP contribution in [0, 0.1) is 5.82 Å². The summed E-state index contributed by atoms with van der Waals surface area (Å²) in [5.74, 6) is 0.471. The van der Waals surface area contributed by atoms with Crippen LogP contribution in [-0.4, -0.2) is 33.8 Å². The SMILES string of the molecule is CCNCCOc1ccc(F)cc1.CNC. The molecule has 2 N–H and O–H groups in total. The Hall–Kier alpha value is -1.13. The Labute approximate surface area is 97.0 Å². The molecule has 0 aliphatic heterocycles. The summed E-state index contributed by atoms with van der Waals surface area (Å²) in [6.45, 7) is 4.40. The van der Waals surface area contributed by atoms with Crippen LogP contribution in [0.3, 0.4) is 0 Å². The number of benzene rings is 1. The summed E-state index contributed by atoms with van der Waals surface area (Å²) in [7, 11) is 3.75. The highest BCUT2D eigenvalue weighted by Gasteiger charge is 1.93. The molecule has 0 aromatic heterocycles. The predicted octanol–water partition coefficient (Wildman–Crippen LogP) is 1.65. The summed E-state index contributed by atoms with van der Waals surface area (Å²) in [6, 6.07) is 6.04. The average molecular weight is 228 g/mol. The first-order valence-corrected chi connectivity index (χ1v) is 5.42. The highest BCUT2D eigenvalue weighted by atomic mass is 19.1. The van der Waals surface area contributed by atoms with Gasteiger partial charge in [-0.3, -0.25) is 0 Å². The molecule has 0 spiro atoms. The second-order valence-corrected chi connectivity index (χ2v) is 3.16. The monoisotopic (exact) mass is 228 g/mol. The maximum absolute atomic E-state index is 12.5. The van der Waals surface area contributed by atoms with Crippen molar-refractivity contribution in [1.82, 2.24) is 10.6 Å². The van der Waals surface area contributed by atoms with Crippen molar-refractivity contribution in [2.24, 2.45) is 0 Å². The maximum Gasteiger partial charge on any atom is 0.123 e. The lowest BCUT2D eigenvalue weighted by molar-refractivity contribution is 0.315. The zero-order valence-electron chi connectivity index (χ0n) is 10.2. The molecule has 1 aromatic rings. The summed E-state index contributed by atoms with van der Waals surface area (Å²) >= 11 is 0. The van der Waals surface area contributed by atoms with Gasteiger partial charge in [-0.25, -0.2) is 4.39 Å². The smallest absolute Gasteiger partial charge is 0.123 e. The lowest BCUT2D eigenvalue weighted by atomic mass is 10.3. The van der Waals surface area contributed by atoms with Gasteiger partial charge in [0, 0.05) is 6.54 Å². The largest absolute Gasteiger partial charge is 0.492 e. The lowest BCUT2D eigenvalue weighted by Gasteiger charge is -2.05. The topological polar surface area (TPSA) is 33.3 Å². The van der Waals surface area contributed by atoms with Crippen molar-refractivity contribution in [1.29, 1.82) is 0 Å². The second kappa shape index (κ2) is 10.4. The van der Waals surface area contributed by atoms with Gasteiger partial charge in [-0.05, 0) is 44.9 Å². The summed E-state index contributed by atoms with van der Waals surface area (Å²) < 4.78 is 17.8. The van der Waals surface area contributed by atoms with Crippen LogP contribution in [0.5, 0.6) is 5.75 Å². The molecule has 0 unspecified atom stereocenters. The molecular weight excluding hydrogens is 207 g/mol. The summed E-state index contributed by atoms with van der Waals surface area (Å²) in [6.07, 6.45) is 0. The molecule has 4 heteroatoms. The minimum Gasteiger partial charge on any atom is -0.492 e. The van der Waals surface area contributed by atoms with Crippen LogP contribution in [0.25, 0.3) is 0 Å². The fraction of sp³-hybridized carbons (Fsp3) is 0.500. The van der Waals surface area contributed by atoms with Crippen molar-refractivity contribution < 1.29 is 9.13 Å². The van der Waals surface area contributed by atoms with Crippen LogP contribution in [-0.2, 0) is 0 Å². The highest BCUT2D eigenvalue weighted by molar-refractivity contribution is 5.21. The molecule has 0 saturated heterocycles. The van der Waals surface area contributed by atoms with Crippen molar-refractivity contribution >= 4 is 0 Å². The number of likely N-dealkylation sites (N-methyl/N-ethyl adjacent to an activating group) is 1. The van der Waals surface area contributed by atoms with Gasteiger partial charge in [-0.15, -0.1) is 0 Å². The minimum absolute atomic E-state index is 0.237. The number of nitrogens with one attached hydrogen (secondary N) is 2. The Kier molecular flexibility index (Phi) is 9.66. The zero-order chi connectivity index (χ0) is 12.2. The number of halogens is 1. The van der Waals surface area contributed by atoms with E-state index in [0.29, 0.717) is 12.4 Å². The fourth-order valence-electron chi connectivity index (χ4n) is 0.949. The molecule has 0 radical (unpaired) electrons. The maximum atomic E-state index is 12.5. The first-order chi connectivity index (χ1) is 7.74. The third-order valence-electron chi connectivity index (χ3n) is 1.61. The Morgan fingerprint density at radius 2 is 1.75 bits per heavy atom. The number of hydrogen-bond acceptors (Lipinski definition) is 3. The van der Waals surface area contributed by atoms with E-state index in [0.717, 1.165) is 13.1 Å². The van der Waals surface area contributed by atoms with Gasteiger partial charge in [0.2, 0.25) is 0 Å². The van der Waals surface area contributed by atoms with Gasteiger partial charge in [0.15, 0.2) is 0 Å². The van der Waals surface area contributed by atoms with Gasteiger partial charge in [0.1, 0.15) is 18.2 Å². The summed E-state index contributed by atoms with van der Waals surface area (Å²) in [4.78, 5) is 0. The van der Waals surface area contributed by atoms with Crippen molar-refractivity contribution in [3.63, 3.8) is 0 Å². The molecule has 92 valence electrons. The molecule has 0 saturated carbocycles. The number of hydrogen-bond donors (Lipinski definition) is 2. The molecular formula is C12H21FN2O. The van der Waals surface area contributed by atoms with Gasteiger partial charge in [-0.1, -0.05) is 6.92 Å². The van der Waals surface area contributed by atoms with Crippen LogP contribution < -0.4 is 15.4 Å². The molecule has 0 fully saturated rings. The van der Waals surface area contributed by atoms with E-state index in [-0.39, 0.29) is 5.82 Å². The van der Waals surface area contributed by atoms with Crippen molar-refractivity contribution in [3.8, 4) is 5.75 Å². The first kappa shape index (κ1) is 14.9. The normalized spacial score (nSPS) is 9.25. The van der Waals surface area contributed by atoms with Gasteiger partial charge in [0.25, 0.3) is 0 Å². The molecule has 0 amide bonds. The van der Waals surface area contributed by atoms with E-state index in [2.05, 4.69) is 10.6 Å². The van der Waals surface area contributed by atoms with E-state index in [9.17, 15) is 4.39 Å². The van der Waals surface area contributed by atoms with E-state index in [1.54, 1.807) is 12.1 Å². The van der Waals surface area contributed by atoms with Gasteiger partial charge >= 0.3 is 0 Å². The van der Waals surface area contributed by atoms with E-state index in [1.807, 2.05) is 21.0 Å². The quantitative estimate of drug-likeness (QED) is 0.752. The van der Waals surface area contributed by atoms with Crippen LogP contribution in [0.4, 0.5) is 4.39 Å². The second-order valence-electron chi connectivity index (χ2n) is 3.16. The minimum atomic E-state index is -0.237. The molecule has 3 nitrogen and oxygen atoms in total. The fourth-order valence-corrected chi connectivity index (χ4v) is 0.949. The molecule has 0 heterocycles. The Morgan fingerprint density at radius 1 is 1.19 bits per heavy atom. The molecule has 0 aliphatic rings.